The van der Waals surface area contributed by atoms with E-state index in [4.69, 9.17) is 0 Å². The Morgan fingerprint density at radius 1 is 1.39 bits per heavy atom. The van der Waals surface area contributed by atoms with E-state index in [-0.39, 0.29) is 0 Å². The maximum Gasteiger partial charge on any atom is 0.171 e. The first kappa shape index (κ1) is 14.2. The lowest BCUT2D eigenvalue weighted by Gasteiger charge is -2.10. The van der Waals surface area contributed by atoms with Gasteiger partial charge in [-0.15, -0.1) is 11.3 Å². The third kappa shape index (κ3) is 3.03. The van der Waals surface area contributed by atoms with Crippen LogP contribution in [0.15, 0.2) is 15.9 Å². The van der Waals surface area contributed by atoms with E-state index in [1.807, 2.05) is 0 Å². The highest BCUT2D eigenvalue weighted by molar-refractivity contribution is 14.1. The lowest BCUT2D eigenvalue weighted by atomic mass is 10.3. The van der Waals surface area contributed by atoms with E-state index in [9.17, 15) is 0 Å². The fraction of sp³-hybridized carbons (Fsp3) is 0.333. The Morgan fingerprint density at radius 2 is 2.17 bits per heavy atom. The number of nitrogens with zero attached hydrogens (tertiary/aromatic N) is 2. The highest BCUT2D eigenvalue weighted by Crippen LogP contribution is 2.30. The molecule has 2 aromatic rings. The van der Waals surface area contributed by atoms with Crippen molar-refractivity contribution in [2.75, 3.05) is 11.9 Å². The van der Waals surface area contributed by atoms with Crippen LogP contribution in [0, 0.1) is 3.57 Å². The normalized spacial score (nSPS) is 10.7. The average Bonchev–Trinajstić information content (AvgIpc) is 2.79. The molecule has 0 aromatic carbocycles. The summed E-state index contributed by atoms with van der Waals surface area (Å²) in [4.78, 5) is 10.4. The molecule has 0 spiro atoms. The molecule has 0 unspecified atom stereocenters. The highest BCUT2D eigenvalue weighted by Gasteiger charge is 2.13. The summed E-state index contributed by atoms with van der Waals surface area (Å²) in [6, 6.07) is 2.06. The smallest absolute Gasteiger partial charge is 0.171 e. The van der Waals surface area contributed by atoms with Crippen LogP contribution < -0.4 is 5.32 Å². The molecule has 96 valence electrons. The van der Waals surface area contributed by atoms with Gasteiger partial charge in [0.1, 0.15) is 5.82 Å². The van der Waals surface area contributed by atoms with Crippen molar-refractivity contribution in [3.63, 3.8) is 0 Å². The van der Waals surface area contributed by atoms with Crippen molar-refractivity contribution >= 4 is 55.7 Å². The fourth-order valence-corrected chi connectivity index (χ4v) is 3.73. The van der Waals surface area contributed by atoms with Gasteiger partial charge in [0.15, 0.2) is 5.82 Å². The number of thiophene rings is 1. The van der Waals surface area contributed by atoms with Crippen molar-refractivity contribution in [3.8, 4) is 10.7 Å². The van der Waals surface area contributed by atoms with Crippen LogP contribution in [0.3, 0.4) is 0 Å². The molecular formula is C12H13BrIN3S. The lowest BCUT2D eigenvalue weighted by Crippen LogP contribution is -2.07. The van der Waals surface area contributed by atoms with E-state index in [0.717, 1.165) is 43.2 Å². The van der Waals surface area contributed by atoms with Crippen LogP contribution in [0.2, 0.25) is 0 Å². The number of hydrogen-bond donors (Lipinski definition) is 1. The summed E-state index contributed by atoms with van der Waals surface area (Å²) in [6.07, 6.45) is 0.915. The zero-order chi connectivity index (χ0) is 13.1. The molecule has 0 amide bonds. The molecule has 2 rings (SSSR count). The quantitative estimate of drug-likeness (QED) is 0.712. The third-order valence-electron chi connectivity index (χ3n) is 2.39. The molecule has 0 radical (unpaired) electrons. The van der Waals surface area contributed by atoms with Gasteiger partial charge in [-0.1, -0.05) is 6.92 Å². The topological polar surface area (TPSA) is 37.8 Å². The molecular weight excluding hydrogens is 425 g/mol. The summed E-state index contributed by atoms with van der Waals surface area (Å²) in [5.74, 6) is 1.74. The van der Waals surface area contributed by atoms with Gasteiger partial charge in [0.25, 0.3) is 0 Å². The van der Waals surface area contributed by atoms with E-state index in [2.05, 4.69) is 79.1 Å². The minimum Gasteiger partial charge on any atom is -0.369 e. The fourth-order valence-electron chi connectivity index (χ4n) is 1.55. The Balaban J connectivity index is 2.51. The van der Waals surface area contributed by atoms with Crippen LogP contribution in [-0.2, 0) is 6.42 Å². The van der Waals surface area contributed by atoms with Gasteiger partial charge in [-0.05, 0) is 57.9 Å². The average molecular weight is 438 g/mol. The van der Waals surface area contributed by atoms with Gasteiger partial charge in [-0.25, -0.2) is 9.97 Å². The minimum absolute atomic E-state index is 0.805. The van der Waals surface area contributed by atoms with Gasteiger partial charge in [0.05, 0.1) is 14.1 Å². The summed E-state index contributed by atoms with van der Waals surface area (Å²) in [7, 11) is 0. The zero-order valence-electron chi connectivity index (χ0n) is 10.1. The zero-order valence-corrected chi connectivity index (χ0v) is 14.7. The molecule has 0 aliphatic rings. The second-order valence-electron chi connectivity index (χ2n) is 3.67. The Hall–Kier alpha value is -0.210. The largest absolute Gasteiger partial charge is 0.369 e. The number of halogens is 2. The van der Waals surface area contributed by atoms with Crippen LogP contribution >= 0.6 is 49.9 Å². The van der Waals surface area contributed by atoms with Crippen molar-refractivity contribution in [1.82, 2.24) is 9.97 Å². The maximum absolute atomic E-state index is 4.65. The molecule has 0 saturated heterocycles. The third-order valence-corrected chi connectivity index (χ3v) is 5.21. The molecule has 0 saturated carbocycles. The van der Waals surface area contributed by atoms with Gasteiger partial charge in [0, 0.05) is 16.4 Å². The van der Waals surface area contributed by atoms with Gasteiger partial charge < -0.3 is 5.32 Å². The van der Waals surface area contributed by atoms with Crippen molar-refractivity contribution in [2.24, 2.45) is 0 Å². The van der Waals surface area contributed by atoms with E-state index < -0.39 is 0 Å². The molecule has 2 aromatic heterocycles. The first-order valence-electron chi connectivity index (χ1n) is 5.70. The number of aromatic nitrogens is 2. The van der Waals surface area contributed by atoms with Crippen molar-refractivity contribution in [1.29, 1.82) is 0 Å². The van der Waals surface area contributed by atoms with Gasteiger partial charge in [0.2, 0.25) is 0 Å². The number of nitrogens with one attached hydrogen (secondary N) is 1. The Bertz CT molecular complexity index is 556. The number of anilines is 1. The molecule has 0 fully saturated rings. The SMILES string of the molecule is CCNc1nc(-c2cc(Br)cs2)nc(CC)c1I. The molecule has 18 heavy (non-hydrogen) atoms. The standard InChI is InChI=1S/C12H13BrIN3S/c1-3-8-10(14)12(15-4-2)17-11(16-8)9-5-7(13)6-18-9/h5-6H,3-4H2,1-2H3,(H,15,16,17). The summed E-state index contributed by atoms with van der Waals surface area (Å²) < 4.78 is 2.20. The predicted molar refractivity (Wildman–Crippen MR) is 89.3 cm³/mol. The Kier molecular flexibility index (Phi) is 4.97. The molecule has 2 heterocycles. The van der Waals surface area contributed by atoms with Crippen LogP contribution in [0.4, 0.5) is 5.82 Å². The van der Waals surface area contributed by atoms with Crippen molar-refractivity contribution in [2.45, 2.75) is 20.3 Å². The second kappa shape index (κ2) is 6.29. The monoisotopic (exact) mass is 437 g/mol. The van der Waals surface area contributed by atoms with Crippen LogP contribution in [-0.4, -0.2) is 16.5 Å². The molecule has 0 bridgehead atoms. The first-order chi connectivity index (χ1) is 8.65. The van der Waals surface area contributed by atoms with Gasteiger partial charge in [-0.2, -0.15) is 0 Å². The highest BCUT2D eigenvalue weighted by atomic mass is 127. The lowest BCUT2D eigenvalue weighted by molar-refractivity contribution is 0.985. The molecule has 3 nitrogen and oxygen atoms in total. The van der Waals surface area contributed by atoms with Crippen LogP contribution in [0.5, 0.6) is 0 Å². The summed E-state index contributed by atoms with van der Waals surface area (Å²) in [5, 5.41) is 5.35. The summed E-state index contributed by atoms with van der Waals surface area (Å²) in [5.41, 5.74) is 1.10. The molecule has 0 aliphatic heterocycles. The van der Waals surface area contributed by atoms with Crippen molar-refractivity contribution < 1.29 is 0 Å². The second-order valence-corrected chi connectivity index (χ2v) is 6.58. The number of aryl methyl sites for hydroxylation is 1. The Labute approximate surface area is 133 Å². The van der Waals surface area contributed by atoms with E-state index in [1.54, 1.807) is 11.3 Å². The van der Waals surface area contributed by atoms with E-state index >= 15 is 0 Å². The van der Waals surface area contributed by atoms with Crippen molar-refractivity contribution in [3.05, 3.63) is 25.2 Å². The molecule has 0 aliphatic carbocycles. The van der Waals surface area contributed by atoms with Gasteiger partial charge >= 0.3 is 0 Å². The molecule has 0 atom stereocenters. The number of rotatable bonds is 4. The number of hydrogen-bond acceptors (Lipinski definition) is 4. The first-order valence-corrected chi connectivity index (χ1v) is 8.45. The summed E-state index contributed by atoms with van der Waals surface area (Å²) >= 11 is 7.43. The molecule has 1 N–H and O–H groups in total. The minimum atomic E-state index is 0.805. The summed E-state index contributed by atoms with van der Waals surface area (Å²) in [6.45, 7) is 5.06. The Morgan fingerprint density at radius 3 is 2.72 bits per heavy atom. The van der Waals surface area contributed by atoms with E-state index in [0.29, 0.717) is 0 Å². The predicted octanol–water partition coefficient (Wildman–Crippen LogP) is 4.57. The van der Waals surface area contributed by atoms with Gasteiger partial charge in [-0.3, -0.25) is 0 Å². The van der Waals surface area contributed by atoms with E-state index in [1.165, 1.54) is 0 Å². The van der Waals surface area contributed by atoms with Crippen LogP contribution in [0.25, 0.3) is 10.7 Å². The van der Waals surface area contributed by atoms with Crippen LogP contribution in [0.1, 0.15) is 19.5 Å². The molecule has 6 heteroatoms. The maximum atomic E-state index is 4.65.